The predicted octanol–water partition coefficient (Wildman–Crippen LogP) is 2.95. The topological polar surface area (TPSA) is 111 Å². The summed E-state index contributed by atoms with van der Waals surface area (Å²) in [5.41, 5.74) is 0.488. The van der Waals surface area contributed by atoms with Crippen LogP contribution in [0.1, 0.15) is 62.4 Å². The molecular weight excluding hydrogens is 446 g/mol. The maximum atomic E-state index is 12.7. The third-order valence-corrected chi connectivity index (χ3v) is 4.85. The van der Waals surface area contributed by atoms with Crippen LogP contribution >= 0.6 is 0 Å². The molecule has 2 atom stereocenters. The highest BCUT2D eigenvalue weighted by Crippen LogP contribution is 2.31. The van der Waals surface area contributed by atoms with E-state index in [2.05, 4.69) is 5.32 Å². The van der Waals surface area contributed by atoms with Gasteiger partial charge in [0.15, 0.2) is 0 Å². The Kier molecular flexibility index (Phi) is 9.15. The summed E-state index contributed by atoms with van der Waals surface area (Å²) < 4.78 is 52.7. The summed E-state index contributed by atoms with van der Waals surface area (Å²) in [5, 5.41) is 12.8. The number of ether oxygens (including phenoxy) is 2. The molecule has 1 unspecified atom stereocenters. The van der Waals surface area contributed by atoms with E-state index in [0.717, 1.165) is 0 Å². The molecular formula is C21H27BF3NO7. The van der Waals surface area contributed by atoms with Crippen LogP contribution in [0, 0.1) is 5.92 Å². The standard InChI is InChI=1S/C21H27BF3NO7/c1-4-17(28)31-20(12(2)3)32-19(29)14-8-5-7-13-11-15(22(30)33-18(13)14)26-16(27)9-6-10-21(23,24)25/h5,7-8,12,15,20,30H,4,6,9-11H2,1-3H3,(H,26,27)/t15-,20?/m0/s1. The molecule has 0 saturated carbocycles. The first kappa shape index (κ1) is 26.5. The van der Waals surface area contributed by atoms with Crippen LogP contribution in [-0.4, -0.2) is 48.4 Å². The van der Waals surface area contributed by atoms with Crippen molar-refractivity contribution in [2.45, 2.75) is 71.3 Å². The number of hydrogen-bond donors (Lipinski definition) is 2. The number of alkyl halides is 3. The van der Waals surface area contributed by atoms with Crippen molar-refractivity contribution in [2.24, 2.45) is 5.92 Å². The molecule has 0 aromatic heterocycles. The third-order valence-electron chi connectivity index (χ3n) is 4.85. The van der Waals surface area contributed by atoms with E-state index in [-0.39, 0.29) is 42.9 Å². The maximum Gasteiger partial charge on any atom is 0.547 e. The number of hydrogen-bond acceptors (Lipinski definition) is 7. The minimum atomic E-state index is -4.35. The molecule has 182 valence electrons. The fraction of sp³-hybridized carbons (Fsp3) is 0.571. The average Bonchev–Trinajstić information content (AvgIpc) is 2.72. The first-order chi connectivity index (χ1) is 15.4. The Morgan fingerprint density at radius 3 is 2.58 bits per heavy atom. The smallest absolute Gasteiger partial charge is 0.534 e. The van der Waals surface area contributed by atoms with Gasteiger partial charge in [0.1, 0.15) is 11.3 Å². The van der Waals surface area contributed by atoms with E-state index < -0.39 is 49.8 Å². The van der Waals surface area contributed by atoms with E-state index in [1.54, 1.807) is 32.9 Å². The van der Waals surface area contributed by atoms with E-state index in [1.165, 1.54) is 6.07 Å². The van der Waals surface area contributed by atoms with Crippen molar-refractivity contribution < 1.29 is 46.7 Å². The van der Waals surface area contributed by atoms with Crippen LogP contribution < -0.4 is 9.97 Å². The molecule has 2 rings (SSSR count). The number of carbonyl (C=O) groups excluding carboxylic acids is 3. The summed E-state index contributed by atoms with van der Waals surface area (Å²) in [6.45, 7) is 5.03. The van der Waals surface area contributed by atoms with Gasteiger partial charge in [0.2, 0.25) is 12.2 Å². The second kappa shape index (κ2) is 11.4. The van der Waals surface area contributed by atoms with Gasteiger partial charge in [-0.2, -0.15) is 13.2 Å². The van der Waals surface area contributed by atoms with Crippen LogP contribution in [0.4, 0.5) is 13.2 Å². The van der Waals surface area contributed by atoms with Gasteiger partial charge in [0.05, 0.1) is 5.94 Å². The quantitative estimate of drug-likeness (QED) is 0.322. The lowest BCUT2D eigenvalue weighted by molar-refractivity contribution is -0.175. The summed E-state index contributed by atoms with van der Waals surface area (Å²) >= 11 is 0. The van der Waals surface area contributed by atoms with Crippen molar-refractivity contribution in [3.05, 3.63) is 29.3 Å². The molecule has 12 heteroatoms. The highest BCUT2D eigenvalue weighted by Gasteiger charge is 2.38. The van der Waals surface area contributed by atoms with Crippen molar-refractivity contribution in [1.82, 2.24) is 5.32 Å². The maximum absolute atomic E-state index is 12.7. The van der Waals surface area contributed by atoms with E-state index >= 15 is 0 Å². The number of fused-ring (bicyclic) bond motifs is 1. The molecule has 1 amide bonds. The average molecular weight is 473 g/mol. The first-order valence-electron chi connectivity index (χ1n) is 10.6. The van der Waals surface area contributed by atoms with Gasteiger partial charge in [-0.3, -0.25) is 9.59 Å². The Labute approximate surface area is 189 Å². The van der Waals surface area contributed by atoms with Crippen molar-refractivity contribution in [3.8, 4) is 5.75 Å². The Hall–Kier alpha value is -2.76. The van der Waals surface area contributed by atoms with Gasteiger partial charge >= 0.3 is 25.2 Å². The highest BCUT2D eigenvalue weighted by molar-refractivity contribution is 6.47. The van der Waals surface area contributed by atoms with E-state index in [0.29, 0.717) is 5.56 Å². The van der Waals surface area contributed by atoms with Crippen LogP contribution in [0.3, 0.4) is 0 Å². The van der Waals surface area contributed by atoms with Crippen LogP contribution in [0.15, 0.2) is 18.2 Å². The molecule has 1 aliphatic rings. The number of nitrogens with one attached hydrogen (secondary N) is 1. The summed E-state index contributed by atoms with van der Waals surface area (Å²) in [5.74, 6) is -3.16. The molecule has 1 heterocycles. The van der Waals surface area contributed by atoms with Gasteiger partial charge in [-0.25, -0.2) is 4.79 Å². The van der Waals surface area contributed by atoms with Gasteiger partial charge < -0.3 is 24.5 Å². The zero-order chi connectivity index (χ0) is 24.8. The molecule has 1 aliphatic heterocycles. The van der Waals surface area contributed by atoms with Crippen molar-refractivity contribution in [2.75, 3.05) is 0 Å². The Morgan fingerprint density at radius 2 is 1.97 bits per heavy atom. The molecule has 0 spiro atoms. The lowest BCUT2D eigenvalue weighted by Crippen LogP contribution is -2.53. The normalized spacial score (nSPS) is 16.5. The summed E-state index contributed by atoms with van der Waals surface area (Å²) in [6, 6.07) is 4.60. The highest BCUT2D eigenvalue weighted by atomic mass is 19.4. The number of esters is 2. The SMILES string of the molecule is CCC(=O)OC(OC(=O)c1cccc2c1OB(O)[C@@H](NC(=O)CCCC(F)(F)F)C2)C(C)C. The Bertz CT molecular complexity index is 863. The van der Waals surface area contributed by atoms with Crippen LogP contribution in [0.25, 0.3) is 0 Å². The van der Waals surface area contributed by atoms with Crippen molar-refractivity contribution in [3.63, 3.8) is 0 Å². The van der Waals surface area contributed by atoms with Crippen molar-refractivity contribution in [1.29, 1.82) is 0 Å². The molecule has 0 aliphatic carbocycles. The molecule has 8 nitrogen and oxygen atoms in total. The predicted molar refractivity (Wildman–Crippen MR) is 111 cm³/mol. The van der Waals surface area contributed by atoms with Crippen LogP contribution in [0.5, 0.6) is 5.75 Å². The fourth-order valence-electron chi connectivity index (χ4n) is 3.11. The third kappa shape index (κ3) is 7.95. The summed E-state index contributed by atoms with van der Waals surface area (Å²) in [6.07, 6.45) is -7.07. The van der Waals surface area contributed by atoms with Crippen LogP contribution in [-0.2, 0) is 25.5 Å². The monoisotopic (exact) mass is 473 g/mol. The van der Waals surface area contributed by atoms with Crippen LogP contribution in [0.2, 0.25) is 0 Å². The second-order valence-electron chi connectivity index (χ2n) is 8.01. The van der Waals surface area contributed by atoms with Gasteiger partial charge in [-0.15, -0.1) is 0 Å². The fourth-order valence-corrected chi connectivity index (χ4v) is 3.11. The number of benzene rings is 1. The van der Waals surface area contributed by atoms with E-state index in [1.807, 2.05) is 0 Å². The first-order valence-corrected chi connectivity index (χ1v) is 10.6. The minimum Gasteiger partial charge on any atom is -0.534 e. The second-order valence-corrected chi connectivity index (χ2v) is 8.01. The Balaban J connectivity index is 2.07. The van der Waals surface area contributed by atoms with Gasteiger partial charge in [-0.1, -0.05) is 32.9 Å². The zero-order valence-corrected chi connectivity index (χ0v) is 18.6. The molecule has 33 heavy (non-hydrogen) atoms. The molecule has 2 N–H and O–H groups in total. The lowest BCUT2D eigenvalue weighted by atomic mass is 9.72. The van der Waals surface area contributed by atoms with Gasteiger partial charge in [-0.05, 0) is 24.5 Å². The van der Waals surface area contributed by atoms with Crippen molar-refractivity contribution >= 4 is 25.0 Å². The van der Waals surface area contributed by atoms with Gasteiger partial charge in [0.25, 0.3) is 0 Å². The molecule has 1 aromatic carbocycles. The summed E-state index contributed by atoms with van der Waals surface area (Å²) in [7, 11) is -1.53. The van der Waals surface area contributed by atoms with E-state index in [9.17, 15) is 32.6 Å². The number of para-hydroxylation sites is 1. The largest absolute Gasteiger partial charge is 0.547 e. The number of amides is 1. The Morgan fingerprint density at radius 1 is 1.27 bits per heavy atom. The molecule has 0 bridgehead atoms. The number of carbonyl (C=O) groups is 3. The van der Waals surface area contributed by atoms with Gasteiger partial charge in [0, 0.05) is 25.2 Å². The molecule has 1 aromatic rings. The zero-order valence-electron chi connectivity index (χ0n) is 18.6. The molecule has 0 radical (unpaired) electrons. The summed E-state index contributed by atoms with van der Waals surface area (Å²) in [4.78, 5) is 36.3. The molecule has 0 saturated heterocycles. The molecule has 0 fully saturated rings. The minimum absolute atomic E-state index is 0.000277. The number of halogens is 3. The number of rotatable bonds is 9. The lowest BCUT2D eigenvalue weighted by Gasteiger charge is -2.29. The van der Waals surface area contributed by atoms with E-state index in [4.69, 9.17) is 14.1 Å².